The van der Waals surface area contributed by atoms with Crippen molar-refractivity contribution in [1.29, 1.82) is 0 Å². The van der Waals surface area contributed by atoms with Crippen molar-refractivity contribution in [3.8, 4) is 11.5 Å². The van der Waals surface area contributed by atoms with Gasteiger partial charge in [0.2, 0.25) is 12.7 Å². The fourth-order valence-corrected chi connectivity index (χ4v) is 2.32. The van der Waals surface area contributed by atoms with Crippen LogP contribution in [-0.4, -0.2) is 18.7 Å². The van der Waals surface area contributed by atoms with Crippen molar-refractivity contribution < 1.29 is 23.4 Å². The first-order valence-electron chi connectivity index (χ1n) is 6.88. The van der Waals surface area contributed by atoms with Crippen molar-refractivity contribution in [2.75, 3.05) is 6.79 Å². The highest BCUT2D eigenvalue weighted by Gasteiger charge is 2.26. The molecule has 0 saturated heterocycles. The van der Waals surface area contributed by atoms with Gasteiger partial charge in [0.15, 0.2) is 17.2 Å². The van der Waals surface area contributed by atoms with E-state index in [0.717, 1.165) is 0 Å². The van der Waals surface area contributed by atoms with Crippen LogP contribution in [-0.2, 0) is 9.53 Å². The van der Waals surface area contributed by atoms with Gasteiger partial charge in [0.1, 0.15) is 5.82 Å². The normalized spacial score (nSPS) is 17.3. The summed E-state index contributed by atoms with van der Waals surface area (Å²) in [7, 11) is 0. The quantitative estimate of drug-likeness (QED) is 0.632. The van der Waals surface area contributed by atoms with E-state index in [-0.39, 0.29) is 24.0 Å². The van der Waals surface area contributed by atoms with Gasteiger partial charge < -0.3 is 14.2 Å². The standard InChI is InChI=1S/C17H10FNO4/c18-12-4-2-1-3-11(12)16-19-13(17(20)23-16)7-10-5-6-14-15(8-10)22-9-21-14/h1-8H,9H2/b13-7-. The highest BCUT2D eigenvalue weighted by atomic mass is 19.1. The molecule has 0 unspecified atom stereocenters. The summed E-state index contributed by atoms with van der Waals surface area (Å²) in [6.07, 6.45) is 1.55. The number of rotatable bonds is 2. The third kappa shape index (κ3) is 2.44. The summed E-state index contributed by atoms with van der Waals surface area (Å²) < 4.78 is 29.3. The van der Waals surface area contributed by atoms with Crippen molar-refractivity contribution in [1.82, 2.24) is 0 Å². The van der Waals surface area contributed by atoms with E-state index in [0.29, 0.717) is 17.1 Å². The third-order valence-corrected chi connectivity index (χ3v) is 3.42. The monoisotopic (exact) mass is 311 g/mol. The van der Waals surface area contributed by atoms with Crippen LogP contribution in [0.3, 0.4) is 0 Å². The first-order chi connectivity index (χ1) is 11.2. The lowest BCUT2D eigenvalue weighted by Gasteiger charge is -1.99. The fraction of sp³-hybridized carbons (Fsp3) is 0.0588. The summed E-state index contributed by atoms with van der Waals surface area (Å²) in [6, 6.07) is 11.2. The van der Waals surface area contributed by atoms with Gasteiger partial charge in [-0.15, -0.1) is 0 Å². The van der Waals surface area contributed by atoms with E-state index in [2.05, 4.69) is 4.99 Å². The molecule has 0 N–H and O–H groups in total. The van der Waals surface area contributed by atoms with Crippen LogP contribution in [0.15, 0.2) is 53.2 Å². The van der Waals surface area contributed by atoms with Crippen molar-refractivity contribution in [3.05, 3.63) is 65.1 Å². The highest BCUT2D eigenvalue weighted by Crippen LogP contribution is 2.33. The minimum absolute atomic E-state index is 0.0416. The van der Waals surface area contributed by atoms with Crippen molar-refractivity contribution >= 4 is 17.9 Å². The number of fused-ring (bicyclic) bond motifs is 1. The zero-order valence-electron chi connectivity index (χ0n) is 11.8. The lowest BCUT2D eigenvalue weighted by atomic mass is 10.1. The first kappa shape index (κ1) is 13.5. The Morgan fingerprint density at radius 2 is 1.91 bits per heavy atom. The van der Waals surface area contributed by atoms with Crippen LogP contribution in [0.25, 0.3) is 6.08 Å². The first-order valence-corrected chi connectivity index (χ1v) is 6.88. The molecule has 2 aliphatic heterocycles. The molecule has 2 aliphatic rings. The molecule has 2 aromatic carbocycles. The van der Waals surface area contributed by atoms with Gasteiger partial charge in [0, 0.05) is 0 Å². The molecule has 5 nitrogen and oxygen atoms in total. The molecule has 0 saturated carbocycles. The smallest absolute Gasteiger partial charge is 0.363 e. The Balaban J connectivity index is 1.69. The van der Waals surface area contributed by atoms with E-state index in [9.17, 15) is 9.18 Å². The molecular formula is C17H10FNO4. The lowest BCUT2D eigenvalue weighted by molar-refractivity contribution is -0.129. The molecule has 0 amide bonds. The Morgan fingerprint density at radius 1 is 1.09 bits per heavy atom. The van der Waals surface area contributed by atoms with E-state index in [1.165, 1.54) is 12.1 Å². The summed E-state index contributed by atoms with van der Waals surface area (Å²) in [4.78, 5) is 16.0. The number of ether oxygens (including phenoxy) is 3. The van der Waals surface area contributed by atoms with Crippen LogP contribution < -0.4 is 9.47 Å². The predicted molar refractivity (Wildman–Crippen MR) is 79.6 cm³/mol. The average molecular weight is 311 g/mol. The minimum atomic E-state index is -0.624. The second-order valence-corrected chi connectivity index (χ2v) is 4.93. The molecular weight excluding hydrogens is 301 g/mol. The summed E-state index contributed by atoms with van der Waals surface area (Å²) in [6.45, 7) is 0.174. The van der Waals surface area contributed by atoms with Crippen LogP contribution >= 0.6 is 0 Å². The van der Waals surface area contributed by atoms with Gasteiger partial charge in [-0.2, -0.15) is 0 Å². The molecule has 2 aromatic rings. The zero-order valence-corrected chi connectivity index (χ0v) is 11.8. The van der Waals surface area contributed by atoms with Crippen LogP contribution in [0.4, 0.5) is 4.39 Å². The molecule has 0 radical (unpaired) electrons. The molecule has 0 atom stereocenters. The number of hydrogen-bond acceptors (Lipinski definition) is 5. The number of cyclic esters (lactones) is 1. The topological polar surface area (TPSA) is 57.1 Å². The third-order valence-electron chi connectivity index (χ3n) is 3.42. The number of esters is 1. The van der Waals surface area contributed by atoms with Crippen LogP contribution in [0.5, 0.6) is 11.5 Å². The van der Waals surface area contributed by atoms with E-state index >= 15 is 0 Å². The van der Waals surface area contributed by atoms with Gasteiger partial charge in [-0.25, -0.2) is 14.2 Å². The number of aliphatic imine (C=N–C) groups is 1. The van der Waals surface area contributed by atoms with Crippen LogP contribution in [0, 0.1) is 5.82 Å². The number of nitrogens with zero attached hydrogens (tertiary/aromatic N) is 1. The minimum Gasteiger partial charge on any atom is -0.454 e. The van der Waals surface area contributed by atoms with Gasteiger partial charge in [-0.3, -0.25) is 0 Å². The summed E-state index contributed by atoms with van der Waals surface area (Å²) in [5.74, 6) is 0.0881. The van der Waals surface area contributed by atoms with Crippen LogP contribution in [0.1, 0.15) is 11.1 Å². The molecule has 0 aromatic heterocycles. The predicted octanol–water partition coefficient (Wildman–Crippen LogP) is 2.90. The van der Waals surface area contributed by atoms with Crippen LogP contribution in [0.2, 0.25) is 0 Å². The van der Waals surface area contributed by atoms with Gasteiger partial charge in [-0.05, 0) is 35.9 Å². The second-order valence-electron chi connectivity index (χ2n) is 4.93. The van der Waals surface area contributed by atoms with Gasteiger partial charge in [0.25, 0.3) is 0 Å². The Kier molecular flexibility index (Phi) is 3.08. The molecule has 114 valence electrons. The van der Waals surface area contributed by atoms with Gasteiger partial charge >= 0.3 is 5.97 Å². The maximum atomic E-state index is 13.8. The average Bonchev–Trinajstić information content (AvgIpc) is 3.14. The molecule has 0 aliphatic carbocycles. The second kappa shape index (κ2) is 5.24. The van der Waals surface area contributed by atoms with E-state index in [1.807, 2.05) is 0 Å². The number of halogens is 1. The van der Waals surface area contributed by atoms with E-state index in [1.54, 1.807) is 36.4 Å². The number of carbonyl (C=O) groups excluding carboxylic acids is 1. The Labute approximate surface area is 130 Å². The maximum Gasteiger partial charge on any atom is 0.363 e. The largest absolute Gasteiger partial charge is 0.454 e. The van der Waals surface area contributed by atoms with Crippen molar-refractivity contribution in [2.45, 2.75) is 0 Å². The molecule has 0 fully saturated rings. The van der Waals surface area contributed by atoms with Gasteiger partial charge in [0.05, 0.1) is 5.56 Å². The molecule has 23 heavy (non-hydrogen) atoms. The highest BCUT2D eigenvalue weighted by molar-refractivity contribution is 6.12. The number of hydrogen-bond donors (Lipinski definition) is 0. The Morgan fingerprint density at radius 3 is 2.78 bits per heavy atom. The fourth-order valence-electron chi connectivity index (χ4n) is 2.32. The Bertz CT molecular complexity index is 873. The molecule has 0 bridgehead atoms. The molecule has 0 spiro atoms. The SMILES string of the molecule is O=C1OC(c2ccccc2F)=N/C1=C\c1ccc2c(c1)OCO2. The summed E-state index contributed by atoms with van der Waals surface area (Å²) in [5.41, 5.74) is 0.955. The zero-order chi connectivity index (χ0) is 15.8. The lowest BCUT2D eigenvalue weighted by Crippen LogP contribution is -2.07. The summed E-state index contributed by atoms with van der Waals surface area (Å²) >= 11 is 0. The number of carbonyl (C=O) groups is 1. The van der Waals surface area contributed by atoms with E-state index in [4.69, 9.17) is 14.2 Å². The van der Waals surface area contributed by atoms with E-state index < -0.39 is 11.8 Å². The maximum absolute atomic E-state index is 13.8. The summed E-state index contributed by atoms with van der Waals surface area (Å²) in [5, 5.41) is 0. The van der Waals surface area contributed by atoms with Crippen molar-refractivity contribution in [3.63, 3.8) is 0 Å². The molecule has 2 heterocycles. The molecule has 4 rings (SSSR count). The Hall–Kier alpha value is -3.15. The number of benzene rings is 2. The van der Waals surface area contributed by atoms with Crippen molar-refractivity contribution in [2.24, 2.45) is 4.99 Å². The van der Waals surface area contributed by atoms with Gasteiger partial charge in [-0.1, -0.05) is 18.2 Å². The molecule has 6 heteroatoms.